The summed E-state index contributed by atoms with van der Waals surface area (Å²) in [5.74, 6) is -19.7. The lowest BCUT2D eigenvalue weighted by molar-refractivity contribution is -0.449. The van der Waals surface area contributed by atoms with Crippen LogP contribution >= 0.6 is 0 Å². The average molecular weight is 493 g/mol. The van der Waals surface area contributed by atoms with E-state index in [1.807, 2.05) is 0 Å². The Morgan fingerprint density at radius 2 is 1.18 bits per heavy atom. The minimum absolute atomic E-state index is 0.0389. The molecule has 0 spiro atoms. The van der Waals surface area contributed by atoms with Crippen LogP contribution in [0.25, 0.3) is 0 Å². The number of phenols is 5. The first-order valence-electron chi connectivity index (χ1n) is 10.0. The Morgan fingerprint density at radius 1 is 0.765 bits per heavy atom. The van der Waals surface area contributed by atoms with Crippen LogP contribution in [0.15, 0.2) is 0 Å². The number of aromatic hydroxyl groups is 5. The molecule has 1 amide bonds. The zero-order valence-electron chi connectivity index (χ0n) is 17.5. The summed E-state index contributed by atoms with van der Waals surface area (Å²) >= 11 is 0. The maximum Gasteiger partial charge on any atom is 0.326 e. The molecule has 0 bridgehead atoms. The third kappa shape index (κ3) is 5.69. The van der Waals surface area contributed by atoms with E-state index < -0.39 is 88.4 Å². The van der Waals surface area contributed by atoms with Crippen molar-refractivity contribution in [2.75, 3.05) is 0 Å². The van der Waals surface area contributed by atoms with Crippen LogP contribution in [0.1, 0.15) is 31.2 Å². The molecule has 0 radical (unpaired) electrons. The van der Waals surface area contributed by atoms with Crippen LogP contribution in [-0.2, 0) is 16.0 Å². The van der Waals surface area contributed by atoms with Gasteiger partial charge in [-0.15, -0.1) is 0 Å². The summed E-state index contributed by atoms with van der Waals surface area (Å²) in [5.41, 5.74) is -0.664. The van der Waals surface area contributed by atoms with E-state index >= 15 is 0 Å². The number of benzene rings is 1. The summed E-state index contributed by atoms with van der Waals surface area (Å²) in [6.45, 7) is 0. The number of aliphatic hydroxyl groups is 6. The molecule has 0 heterocycles. The number of carbonyl (C=O) groups is 2. The van der Waals surface area contributed by atoms with E-state index in [-0.39, 0.29) is 25.7 Å². The van der Waals surface area contributed by atoms with Crippen LogP contribution in [0.4, 0.5) is 0 Å². The molecule has 2 rings (SSSR count). The number of nitrogens with one attached hydrogen (secondary N) is 1. The van der Waals surface area contributed by atoms with Crippen molar-refractivity contribution < 1.29 is 70.9 Å². The van der Waals surface area contributed by atoms with Gasteiger partial charge in [-0.3, -0.25) is 4.79 Å². The topological polar surface area (TPSA) is 289 Å². The first kappa shape index (κ1) is 27.2. The molecular weight excluding hydrogens is 466 g/mol. The Bertz CT molecular complexity index is 883. The number of carboxylic acids is 1. The van der Waals surface area contributed by atoms with Gasteiger partial charge in [0, 0.05) is 17.9 Å². The second-order valence-corrected chi connectivity index (χ2v) is 8.29. The Kier molecular flexibility index (Phi) is 7.71. The average Bonchev–Trinajstić information content (AvgIpc) is 2.71. The highest BCUT2D eigenvalue weighted by atomic mass is 16.7. The molecule has 0 saturated heterocycles. The third-order valence-corrected chi connectivity index (χ3v) is 5.94. The molecule has 1 aliphatic rings. The fourth-order valence-electron chi connectivity index (χ4n) is 4.23. The van der Waals surface area contributed by atoms with Gasteiger partial charge in [0.05, 0.1) is 0 Å². The summed E-state index contributed by atoms with van der Waals surface area (Å²) in [6.07, 6.45) is -1.09. The van der Waals surface area contributed by atoms with E-state index in [0.29, 0.717) is 0 Å². The zero-order chi connectivity index (χ0) is 26.2. The maximum atomic E-state index is 12.6. The molecule has 15 nitrogen and oxygen atoms in total. The fraction of sp³-hybridized carbons (Fsp3) is 0.579. The van der Waals surface area contributed by atoms with Crippen LogP contribution in [0, 0.1) is 17.8 Å². The van der Waals surface area contributed by atoms with Gasteiger partial charge in [-0.1, -0.05) is 0 Å². The van der Waals surface area contributed by atoms with Gasteiger partial charge in [0.15, 0.2) is 11.5 Å². The standard InChI is InChI=1S/C19H27NO14/c21-10-8(11(22)13(24)14(25)12(10)23)5-9(17(27)28)20-16(26)7-3-1-6(2-4-7)15(18(29,30)31)19(32,33)34/h6-7,9,15,21-25,29-34H,1-5H2,(H,20,26)(H,27,28). The SMILES string of the molecule is O=C(NC(Cc1c(O)c(O)c(O)c(O)c1O)C(=O)O)C1CCC(C(C(O)(O)O)C(O)(O)O)CC1. The Labute approximate surface area is 191 Å². The van der Waals surface area contributed by atoms with E-state index in [9.17, 15) is 70.9 Å². The smallest absolute Gasteiger partial charge is 0.326 e. The van der Waals surface area contributed by atoms with E-state index in [1.54, 1.807) is 0 Å². The number of phenolic OH excluding ortho intramolecular Hbond substituents is 5. The van der Waals surface area contributed by atoms with Crippen molar-refractivity contribution in [1.82, 2.24) is 5.32 Å². The quantitative estimate of drug-likeness (QED) is 0.0976. The second-order valence-electron chi connectivity index (χ2n) is 8.29. The van der Waals surface area contributed by atoms with E-state index in [4.69, 9.17) is 0 Å². The molecule has 1 unspecified atom stereocenters. The summed E-state index contributed by atoms with van der Waals surface area (Å²) < 4.78 is 0. The highest BCUT2D eigenvalue weighted by Crippen LogP contribution is 2.51. The normalized spacial score (nSPS) is 20.2. The van der Waals surface area contributed by atoms with Crippen LogP contribution in [0.3, 0.4) is 0 Å². The highest BCUT2D eigenvalue weighted by Gasteiger charge is 2.52. The lowest BCUT2D eigenvalue weighted by Crippen LogP contribution is -2.56. The van der Waals surface area contributed by atoms with Crippen molar-refractivity contribution in [3.8, 4) is 28.7 Å². The van der Waals surface area contributed by atoms with Gasteiger partial charge in [-0.2, -0.15) is 0 Å². The number of carboxylic acid groups (broad SMARTS) is 1. The molecular formula is C19H27NO14. The van der Waals surface area contributed by atoms with Gasteiger partial charge < -0.3 is 66.6 Å². The number of rotatable bonds is 8. The van der Waals surface area contributed by atoms with Crippen molar-refractivity contribution in [2.24, 2.45) is 17.8 Å². The Morgan fingerprint density at radius 3 is 1.56 bits per heavy atom. The number of aliphatic carboxylic acids is 1. The summed E-state index contributed by atoms with van der Waals surface area (Å²) in [4.78, 5) is 24.2. The Balaban J connectivity index is 2.12. The van der Waals surface area contributed by atoms with E-state index in [0.717, 1.165) is 0 Å². The van der Waals surface area contributed by atoms with E-state index in [2.05, 4.69) is 5.32 Å². The molecule has 13 N–H and O–H groups in total. The molecule has 1 aromatic carbocycles. The molecule has 1 fully saturated rings. The van der Waals surface area contributed by atoms with Gasteiger partial charge >= 0.3 is 5.97 Å². The molecule has 15 heteroatoms. The lowest BCUT2D eigenvalue weighted by Gasteiger charge is -2.40. The van der Waals surface area contributed by atoms with Crippen LogP contribution < -0.4 is 5.32 Å². The summed E-state index contributed by atoms with van der Waals surface area (Å²) in [7, 11) is 0. The summed E-state index contributed by atoms with van der Waals surface area (Å²) in [6, 6.07) is -1.77. The minimum atomic E-state index is -3.64. The zero-order valence-corrected chi connectivity index (χ0v) is 17.5. The van der Waals surface area contributed by atoms with Gasteiger partial charge in [0.1, 0.15) is 12.0 Å². The van der Waals surface area contributed by atoms with Gasteiger partial charge in [0.25, 0.3) is 11.9 Å². The predicted octanol–water partition coefficient (Wildman–Crippen LogP) is -2.99. The minimum Gasteiger partial charge on any atom is -0.504 e. The number of hydrogen-bond acceptors (Lipinski definition) is 13. The van der Waals surface area contributed by atoms with Crippen LogP contribution in [-0.4, -0.2) is 91.1 Å². The third-order valence-electron chi connectivity index (χ3n) is 5.94. The van der Waals surface area contributed by atoms with E-state index in [1.165, 1.54) is 0 Å². The molecule has 34 heavy (non-hydrogen) atoms. The second kappa shape index (κ2) is 9.65. The van der Waals surface area contributed by atoms with Crippen molar-refractivity contribution >= 4 is 11.9 Å². The van der Waals surface area contributed by atoms with Gasteiger partial charge in [-0.05, 0) is 31.6 Å². The molecule has 1 atom stereocenters. The number of hydrogen-bond donors (Lipinski definition) is 13. The molecule has 1 saturated carbocycles. The van der Waals surface area contributed by atoms with Gasteiger partial charge in [0.2, 0.25) is 23.2 Å². The molecule has 1 aromatic rings. The van der Waals surface area contributed by atoms with Crippen molar-refractivity contribution in [1.29, 1.82) is 0 Å². The lowest BCUT2D eigenvalue weighted by atomic mass is 9.73. The van der Waals surface area contributed by atoms with Crippen molar-refractivity contribution in [2.45, 2.75) is 50.1 Å². The Hall–Kier alpha value is -3.08. The first-order valence-corrected chi connectivity index (χ1v) is 10.0. The monoisotopic (exact) mass is 493 g/mol. The van der Waals surface area contributed by atoms with Crippen molar-refractivity contribution in [3.63, 3.8) is 0 Å². The van der Waals surface area contributed by atoms with Crippen LogP contribution in [0.5, 0.6) is 28.7 Å². The number of carbonyl (C=O) groups excluding carboxylic acids is 1. The molecule has 0 aliphatic heterocycles. The number of amides is 1. The van der Waals surface area contributed by atoms with Gasteiger partial charge in [-0.25, -0.2) is 4.79 Å². The fourth-order valence-corrected chi connectivity index (χ4v) is 4.23. The largest absolute Gasteiger partial charge is 0.504 e. The maximum absolute atomic E-state index is 12.6. The predicted molar refractivity (Wildman–Crippen MR) is 106 cm³/mol. The highest BCUT2D eigenvalue weighted by molar-refractivity contribution is 5.85. The molecule has 0 aromatic heterocycles. The molecule has 1 aliphatic carbocycles. The van der Waals surface area contributed by atoms with Crippen molar-refractivity contribution in [3.05, 3.63) is 5.56 Å². The van der Waals surface area contributed by atoms with Crippen LogP contribution in [0.2, 0.25) is 0 Å². The molecule has 192 valence electrons. The summed E-state index contributed by atoms with van der Waals surface area (Å²) in [5, 5.41) is 116. The first-order chi connectivity index (χ1) is 15.5.